The van der Waals surface area contributed by atoms with Gasteiger partial charge in [-0.05, 0) is 37.6 Å². The maximum Gasteiger partial charge on any atom is 0.419 e. The highest BCUT2D eigenvalue weighted by molar-refractivity contribution is 5.49. The summed E-state index contributed by atoms with van der Waals surface area (Å²) < 4.78 is 51.2. The molecule has 0 saturated carbocycles. The Kier molecular flexibility index (Phi) is 4.21. The minimum Gasteiger partial charge on any atom is -0.379 e. The van der Waals surface area contributed by atoms with Crippen LogP contribution in [0.25, 0.3) is 0 Å². The van der Waals surface area contributed by atoms with Crippen molar-refractivity contribution in [2.45, 2.75) is 26.1 Å². The van der Waals surface area contributed by atoms with E-state index in [2.05, 4.69) is 5.32 Å². The number of aryl methyl sites for hydroxylation is 1. The average molecular weight is 297 g/mol. The summed E-state index contributed by atoms with van der Waals surface area (Å²) in [5, 5.41) is 2.95. The monoisotopic (exact) mass is 297 g/mol. The Morgan fingerprint density at radius 2 is 1.62 bits per heavy atom. The van der Waals surface area contributed by atoms with Gasteiger partial charge < -0.3 is 5.32 Å². The van der Waals surface area contributed by atoms with Crippen LogP contribution in [0.2, 0.25) is 0 Å². The summed E-state index contributed by atoms with van der Waals surface area (Å²) in [5.74, 6) is -1.27. The minimum absolute atomic E-state index is 0.183. The second kappa shape index (κ2) is 5.76. The molecule has 0 radical (unpaired) electrons. The van der Waals surface area contributed by atoms with E-state index in [9.17, 15) is 17.6 Å². The van der Waals surface area contributed by atoms with Crippen molar-refractivity contribution in [1.82, 2.24) is 0 Å². The van der Waals surface area contributed by atoms with Crippen molar-refractivity contribution in [3.05, 3.63) is 65.0 Å². The van der Waals surface area contributed by atoms with Gasteiger partial charge in [-0.3, -0.25) is 0 Å². The number of rotatable bonds is 3. The van der Waals surface area contributed by atoms with E-state index in [1.54, 1.807) is 0 Å². The molecule has 0 heterocycles. The third-order valence-corrected chi connectivity index (χ3v) is 3.23. The lowest BCUT2D eigenvalue weighted by molar-refractivity contribution is -0.139. The van der Waals surface area contributed by atoms with Crippen LogP contribution in [0.4, 0.5) is 23.2 Å². The summed E-state index contributed by atoms with van der Waals surface area (Å²) in [5.41, 5.74) is 1.02. The molecule has 1 atom stereocenters. The van der Waals surface area contributed by atoms with E-state index in [1.807, 2.05) is 38.1 Å². The van der Waals surface area contributed by atoms with Crippen molar-refractivity contribution < 1.29 is 17.6 Å². The highest BCUT2D eigenvalue weighted by Crippen LogP contribution is 2.33. The average Bonchev–Trinajstić information content (AvgIpc) is 2.40. The Labute approximate surface area is 120 Å². The van der Waals surface area contributed by atoms with E-state index in [1.165, 1.54) is 6.07 Å². The van der Waals surface area contributed by atoms with Crippen LogP contribution in [0.15, 0.2) is 42.5 Å². The topological polar surface area (TPSA) is 12.0 Å². The molecule has 1 N–H and O–H groups in total. The molecule has 112 valence electrons. The fourth-order valence-corrected chi connectivity index (χ4v) is 2.02. The lowest BCUT2D eigenvalue weighted by Crippen LogP contribution is -2.11. The van der Waals surface area contributed by atoms with Gasteiger partial charge in [0.25, 0.3) is 0 Å². The Hall–Kier alpha value is -2.04. The molecule has 0 aromatic heterocycles. The maximum absolute atomic E-state index is 13.2. The minimum atomic E-state index is -4.70. The fourth-order valence-electron chi connectivity index (χ4n) is 2.02. The van der Waals surface area contributed by atoms with E-state index < -0.39 is 17.6 Å². The highest BCUT2D eigenvalue weighted by Gasteiger charge is 2.34. The van der Waals surface area contributed by atoms with Gasteiger partial charge in [0.15, 0.2) is 0 Å². The maximum atomic E-state index is 13.2. The van der Waals surface area contributed by atoms with Crippen molar-refractivity contribution >= 4 is 5.69 Å². The van der Waals surface area contributed by atoms with Crippen LogP contribution >= 0.6 is 0 Å². The predicted molar refractivity (Wildman–Crippen MR) is 74.6 cm³/mol. The number of benzene rings is 2. The van der Waals surface area contributed by atoms with Gasteiger partial charge >= 0.3 is 6.18 Å². The Balaban J connectivity index is 2.21. The van der Waals surface area contributed by atoms with Crippen LogP contribution < -0.4 is 5.32 Å². The first kappa shape index (κ1) is 15.4. The number of anilines is 1. The second-order valence-corrected chi connectivity index (χ2v) is 4.97. The van der Waals surface area contributed by atoms with Gasteiger partial charge in [-0.2, -0.15) is 13.2 Å². The number of nitrogens with one attached hydrogen (secondary N) is 1. The summed E-state index contributed by atoms with van der Waals surface area (Å²) in [6.45, 7) is 3.79. The molecule has 1 nitrogen and oxygen atoms in total. The predicted octanol–water partition coefficient (Wildman–Crippen LogP) is 5.33. The van der Waals surface area contributed by atoms with Crippen molar-refractivity contribution in [3.63, 3.8) is 0 Å². The summed E-state index contributed by atoms with van der Waals surface area (Å²) >= 11 is 0. The third kappa shape index (κ3) is 3.74. The molecule has 21 heavy (non-hydrogen) atoms. The fraction of sp³-hybridized carbons (Fsp3) is 0.250. The van der Waals surface area contributed by atoms with E-state index in [4.69, 9.17) is 0 Å². The first-order valence-electron chi connectivity index (χ1n) is 6.47. The molecule has 0 saturated heterocycles. The van der Waals surface area contributed by atoms with Gasteiger partial charge in [0, 0.05) is 11.7 Å². The molecule has 0 spiro atoms. The van der Waals surface area contributed by atoms with Gasteiger partial charge in [-0.25, -0.2) is 4.39 Å². The zero-order valence-electron chi connectivity index (χ0n) is 11.6. The largest absolute Gasteiger partial charge is 0.419 e. The van der Waals surface area contributed by atoms with Gasteiger partial charge in [0.05, 0.1) is 5.56 Å². The molecule has 5 heteroatoms. The Morgan fingerprint density at radius 1 is 1.00 bits per heavy atom. The standard InChI is InChI=1S/C16H15F4N/c1-10-3-5-12(6-4-10)11(2)21-13-7-8-15(17)14(9-13)16(18,19)20/h3-9,11,21H,1-2H3. The molecule has 2 rings (SSSR count). The van der Waals surface area contributed by atoms with E-state index in [0.717, 1.165) is 23.3 Å². The number of halogens is 4. The molecule has 0 bridgehead atoms. The SMILES string of the molecule is Cc1ccc(C(C)Nc2ccc(F)c(C(F)(F)F)c2)cc1. The number of alkyl halides is 3. The highest BCUT2D eigenvalue weighted by atomic mass is 19.4. The van der Waals surface area contributed by atoms with Crippen LogP contribution in [-0.2, 0) is 6.18 Å². The van der Waals surface area contributed by atoms with Crippen molar-refractivity contribution in [2.24, 2.45) is 0 Å². The van der Waals surface area contributed by atoms with Gasteiger partial charge in [0.2, 0.25) is 0 Å². The quantitative estimate of drug-likeness (QED) is 0.755. The molecule has 0 aliphatic rings. The van der Waals surface area contributed by atoms with Crippen LogP contribution in [0.3, 0.4) is 0 Å². The Morgan fingerprint density at radius 3 is 2.19 bits per heavy atom. The summed E-state index contributed by atoms with van der Waals surface area (Å²) in [6.07, 6.45) is -4.70. The van der Waals surface area contributed by atoms with E-state index in [-0.39, 0.29) is 11.7 Å². The zero-order chi connectivity index (χ0) is 15.6. The number of hydrogen-bond acceptors (Lipinski definition) is 1. The van der Waals surface area contributed by atoms with Gasteiger partial charge in [-0.1, -0.05) is 29.8 Å². The lowest BCUT2D eigenvalue weighted by Gasteiger charge is -2.17. The second-order valence-electron chi connectivity index (χ2n) is 4.97. The van der Waals surface area contributed by atoms with Gasteiger partial charge in [-0.15, -0.1) is 0 Å². The Bertz CT molecular complexity index is 617. The molecule has 2 aromatic carbocycles. The molecule has 0 amide bonds. The third-order valence-electron chi connectivity index (χ3n) is 3.23. The first-order chi connectivity index (χ1) is 9.77. The zero-order valence-corrected chi connectivity index (χ0v) is 11.6. The molecular formula is C16H15F4N. The lowest BCUT2D eigenvalue weighted by atomic mass is 10.1. The van der Waals surface area contributed by atoms with Crippen molar-refractivity contribution in [2.75, 3.05) is 5.32 Å². The van der Waals surface area contributed by atoms with Crippen LogP contribution in [0, 0.1) is 12.7 Å². The van der Waals surface area contributed by atoms with Crippen LogP contribution in [0.1, 0.15) is 29.7 Å². The summed E-state index contributed by atoms with van der Waals surface area (Å²) in [6, 6.07) is 10.4. The van der Waals surface area contributed by atoms with Crippen molar-refractivity contribution in [1.29, 1.82) is 0 Å². The van der Waals surface area contributed by atoms with E-state index in [0.29, 0.717) is 0 Å². The van der Waals surface area contributed by atoms with Gasteiger partial charge in [0.1, 0.15) is 5.82 Å². The molecule has 2 aromatic rings. The van der Waals surface area contributed by atoms with E-state index >= 15 is 0 Å². The molecule has 0 aliphatic heterocycles. The smallest absolute Gasteiger partial charge is 0.379 e. The summed E-state index contributed by atoms with van der Waals surface area (Å²) in [4.78, 5) is 0. The first-order valence-corrected chi connectivity index (χ1v) is 6.47. The van der Waals surface area contributed by atoms with Crippen LogP contribution in [0.5, 0.6) is 0 Å². The summed E-state index contributed by atoms with van der Waals surface area (Å²) in [7, 11) is 0. The normalized spacial score (nSPS) is 13.0. The number of hydrogen-bond donors (Lipinski definition) is 1. The molecule has 0 fully saturated rings. The van der Waals surface area contributed by atoms with Crippen LogP contribution in [-0.4, -0.2) is 0 Å². The molecule has 0 aliphatic carbocycles. The molecule has 1 unspecified atom stereocenters. The molecular weight excluding hydrogens is 282 g/mol. The van der Waals surface area contributed by atoms with Crippen molar-refractivity contribution in [3.8, 4) is 0 Å².